The van der Waals surface area contributed by atoms with Crippen molar-refractivity contribution in [1.29, 1.82) is 0 Å². The monoisotopic (exact) mass is 488 g/mol. The van der Waals surface area contributed by atoms with Gasteiger partial charge in [-0.2, -0.15) is 0 Å². The Kier molecular flexibility index (Phi) is 7.19. The third-order valence-electron chi connectivity index (χ3n) is 7.65. The van der Waals surface area contributed by atoms with Crippen LogP contribution in [0.3, 0.4) is 0 Å². The number of hydrogen-bond acceptors (Lipinski definition) is 2. The van der Waals surface area contributed by atoms with Crippen molar-refractivity contribution in [3.8, 4) is 22.6 Å². The molecule has 0 radical (unpaired) electrons. The zero-order valence-corrected chi connectivity index (χ0v) is 22.3. The summed E-state index contributed by atoms with van der Waals surface area (Å²) in [6, 6.07) is 34.9. The summed E-state index contributed by atoms with van der Waals surface area (Å²) in [7, 11) is 1.71. The van der Waals surface area contributed by atoms with Crippen LogP contribution in [0.2, 0.25) is 0 Å². The van der Waals surface area contributed by atoms with Crippen molar-refractivity contribution in [3.05, 3.63) is 131 Å². The highest BCUT2D eigenvalue weighted by Gasteiger charge is 2.45. The molecule has 5 rings (SSSR count). The fraction of sp³-hybridized carbons (Fsp3) is 0.257. The molecule has 4 aromatic carbocycles. The van der Waals surface area contributed by atoms with E-state index in [9.17, 15) is 0 Å². The van der Waals surface area contributed by atoms with Crippen LogP contribution in [0.25, 0.3) is 11.1 Å². The minimum atomic E-state index is -0.411. The minimum absolute atomic E-state index is 0.169. The fourth-order valence-corrected chi connectivity index (χ4v) is 5.86. The molecule has 0 fully saturated rings. The van der Waals surface area contributed by atoms with E-state index in [0.717, 1.165) is 24.3 Å². The Hall–Kier alpha value is -3.78. The zero-order chi connectivity index (χ0) is 25.8. The molecule has 0 N–H and O–H groups in total. The summed E-state index contributed by atoms with van der Waals surface area (Å²) in [6.07, 6.45) is 6.72. The smallest absolute Gasteiger partial charge is 0.119 e. The van der Waals surface area contributed by atoms with E-state index in [-0.39, 0.29) is 6.10 Å². The zero-order valence-electron chi connectivity index (χ0n) is 22.3. The maximum absolute atomic E-state index is 6.33. The summed E-state index contributed by atoms with van der Waals surface area (Å²) in [5.74, 6) is 2.35. The first-order chi connectivity index (χ1) is 18.1. The topological polar surface area (TPSA) is 18.5 Å². The van der Waals surface area contributed by atoms with Crippen molar-refractivity contribution in [2.75, 3.05) is 7.11 Å². The lowest BCUT2D eigenvalue weighted by molar-refractivity contribution is 0.203. The lowest BCUT2D eigenvalue weighted by Crippen LogP contribution is -2.28. The average Bonchev–Trinajstić information content (AvgIpc) is 3.24. The van der Waals surface area contributed by atoms with Gasteiger partial charge in [0.1, 0.15) is 11.5 Å². The quantitative estimate of drug-likeness (QED) is 0.193. The van der Waals surface area contributed by atoms with Crippen molar-refractivity contribution in [3.63, 3.8) is 0 Å². The lowest BCUT2D eigenvalue weighted by Gasteiger charge is -2.34. The Morgan fingerprint density at radius 3 is 1.70 bits per heavy atom. The molecule has 2 atom stereocenters. The number of rotatable bonds is 9. The van der Waals surface area contributed by atoms with Gasteiger partial charge in [0.25, 0.3) is 0 Å². The number of benzene rings is 4. The van der Waals surface area contributed by atoms with Crippen LogP contribution in [0.4, 0.5) is 0 Å². The standard InChI is InChI=1S/C35H36O2/c1-5-10-25(2)15-16-26(3)37-30-23-19-28(20-24-30)35(27-17-21-29(36-4)22-18-27)33-13-8-6-11-31(33)32-12-7-9-14-34(32)35/h5-14,17-26H,15-16H2,1-4H3/b10-5-. The highest BCUT2D eigenvalue weighted by atomic mass is 16.5. The molecule has 0 spiro atoms. The highest BCUT2D eigenvalue weighted by molar-refractivity contribution is 5.86. The first-order valence-electron chi connectivity index (χ1n) is 13.3. The molecule has 37 heavy (non-hydrogen) atoms. The van der Waals surface area contributed by atoms with E-state index >= 15 is 0 Å². The van der Waals surface area contributed by atoms with Gasteiger partial charge in [0.05, 0.1) is 18.6 Å². The second-order valence-corrected chi connectivity index (χ2v) is 10.1. The summed E-state index contributed by atoms with van der Waals surface area (Å²) >= 11 is 0. The maximum Gasteiger partial charge on any atom is 0.119 e. The normalized spacial score (nSPS) is 15.1. The molecule has 0 saturated heterocycles. The van der Waals surface area contributed by atoms with Crippen molar-refractivity contribution in [2.45, 2.75) is 45.1 Å². The molecule has 1 aliphatic carbocycles. The molecule has 188 valence electrons. The molecule has 0 aliphatic heterocycles. The van der Waals surface area contributed by atoms with Crippen molar-refractivity contribution < 1.29 is 9.47 Å². The molecule has 2 nitrogen and oxygen atoms in total. The van der Waals surface area contributed by atoms with Crippen molar-refractivity contribution in [2.24, 2.45) is 5.92 Å². The van der Waals surface area contributed by atoms with Crippen LogP contribution in [-0.2, 0) is 5.41 Å². The van der Waals surface area contributed by atoms with Gasteiger partial charge in [0.2, 0.25) is 0 Å². The van der Waals surface area contributed by atoms with Gasteiger partial charge < -0.3 is 9.47 Å². The van der Waals surface area contributed by atoms with Gasteiger partial charge in [0, 0.05) is 0 Å². The Balaban J connectivity index is 1.55. The van der Waals surface area contributed by atoms with Crippen LogP contribution >= 0.6 is 0 Å². The van der Waals surface area contributed by atoms with Crippen LogP contribution in [-0.4, -0.2) is 13.2 Å². The van der Waals surface area contributed by atoms with Crippen LogP contribution in [0.15, 0.2) is 109 Å². The molecule has 2 heteroatoms. The van der Waals surface area contributed by atoms with E-state index in [1.165, 1.54) is 33.4 Å². The van der Waals surface area contributed by atoms with E-state index in [4.69, 9.17) is 9.47 Å². The van der Waals surface area contributed by atoms with Gasteiger partial charge >= 0.3 is 0 Å². The molecule has 2 unspecified atom stereocenters. The van der Waals surface area contributed by atoms with E-state index in [0.29, 0.717) is 5.92 Å². The Morgan fingerprint density at radius 2 is 1.19 bits per heavy atom. The minimum Gasteiger partial charge on any atom is -0.497 e. The predicted octanol–water partition coefficient (Wildman–Crippen LogP) is 8.82. The van der Waals surface area contributed by atoms with Crippen LogP contribution in [0.1, 0.15) is 55.9 Å². The predicted molar refractivity (Wildman–Crippen MR) is 154 cm³/mol. The first-order valence-corrected chi connectivity index (χ1v) is 13.3. The van der Waals surface area contributed by atoms with Crippen molar-refractivity contribution in [1.82, 2.24) is 0 Å². The number of ether oxygens (including phenoxy) is 2. The average molecular weight is 489 g/mol. The maximum atomic E-state index is 6.33. The Bertz CT molecular complexity index is 1320. The van der Waals surface area contributed by atoms with E-state index in [1.807, 2.05) is 0 Å². The molecule has 0 amide bonds. The van der Waals surface area contributed by atoms with Gasteiger partial charge in [-0.15, -0.1) is 0 Å². The molecular weight excluding hydrogens is 452 g/mol. The van der Waals surface area contributed by atoms with Crippen molar-refractivity contribution >= 4 is 0 Å². The number of methoxy groups -OCH3 is 1. The van der Waals surface area contributed by atoms with E-state index in [1.54, 1.807) is 7.11 Å². The second-order valence-electron chi connectivity index (χ2n) is 10.1. The number of fused-ring (bicyclic) bond motifs is 3. The molecule has 4 aromatic rings. The molecule has 0 heterocycles. The van der Waals surface area contributed by atoms with Gasteiger partial charge in [-0.1, -0.05) is 91.9 Å². The summed E-state index contributed by atoms with van der Waals surface area (Å²) in [5.41, 5.74) is 7.24. The number of hydrogen-bond donors (Lipinski definition) is 0. The van der Waals surface area contributed by atoms with Gasteiger partial charge in [-0.3, -0.25) is 0 Å². The van der Waals surface area contributed by atoms with Crippen LogP contribution in [0.5, 0.6) is 11.5 Å². The van der Waals surface area contributed by atoms with Crippen LogP contribution in [0, 0.1) is 5.92 Å². The largest absolute Gasteiger partial charge is 0.497 e. The first kappa shape index (κ1) is 24.9. The van der Waals surface area contributed by atoms with Gasteiger partial charge in [-0.05, 0) is 90.3 Å². The lowest BCUT2D eigenvalue weighted by atomic mass is 9.68. The van der Waals surface area contributed by atoms with Crippen LogP contribution < -0.4 is 9.47 Å². The molecular formula is C35H36O2. The third-order valence-corrected chi connectivity index (χ3v) is 7.65. The van der Waals surface area contributed by atoms with Gasteiger partial charge in [0.15, 0.2) is 0 Å². The SMILES string of the molecule is C/C=C\C(C)CCC(C)Oc1ccc(C2(c3ccc(OC)cc3)c3ccccc3-c3ccccc32)cc1. The summed E-state index contributed by atoms with van der Waals surface area (Å²) < 4.78 is 11.8. The summed E-state index contributed by atoms with van der Waals surface area (Å²) in [4.78, 5) is 0. The summed E-state index contributed by atoms with van der Waals surface area (Å²) in [5, 5.41) is 0. The molecule has 0 bridgehead atoms. The van der Waals surface area contributed by atoms with E-state index in [2.05, 4.69) is 130 Å². The Morgan fingerprint density at radius 1 is 0.676 bits per heavy atom. The molecule has 1 aliphatic rings. The molecule has 0 aromatic heterocycles. The molecule has 0 saturated carbocycles. The van der Waals surface area contributed by atoms with E-state index < -0.39 is 5.41 Å². The number of allylic oxidation sites excluding steroid dienone is 2. The highest BCUT2D eigenvalue weighted by Crippen LogP contribution is 2.56. The fourth-order valence-electron chi connectivity index (χ4n) is 5.86. The summed E-state index contributed by atoms with van der Waals surface area (Å²) in [6.45, 7) is 6.51. The Labute approximate surface area is 221 Å². The second kappa shape index (κ2) is 10.7. The third kappa shape index (κ3) is 4.57. The van der Waals surface area contributed by atoms with Gasteiger partial charge in [-0.25, -0.2) is 0 Å².